The van der Waals surface area contributed by atoms with E-state index in [-0.39, 0.29) is 24.5 Å². The van der Waals surface area contributed by atoms with E-state index in [1.807, 2.05) is 12.4 Å². The van der Waals surface area contributed by atoms with Crippen molar-refractivity contribution in [3.05, 3.63) is 60.1 Å². The number of nitriles is 1. The van der Waals surface area contributed by atoms with Crippen LogP contribution >= 0.6 is 11.8 Å². The minimum absolute atomic E-state index is 0.103. The summed E-state index contributed by atoms with van der Waals surface area (Å²) in [4.78, 5) is 36.1. The number of likely N-dealkylation sites (N-methyl/N-ethyl adjacent to an activating group) is 1. The molecule has 0 N–H and O–H groups in total. The van der Waals surface area contributed by atoms with Gasteiger partial charge in [0.1, 0.15) is 11.9 Å². The number of anilines is 2. The fraction of sp³-hybridized carbons (Fsp3) is 0.528. The molecule has 0 bridgehead atoms. The van der Waals surface area contributed by atoms with Crippen LogP contribution in [0.2, 0.25) is 0 Å². The van der Waals surface area contributed by atoms with Gasteiger partial charge in [-0.3, -0.25) is 14.7 Å². The minimum atomic E-state index is -0.247. The molecule has 1 aromatic carbocycles. The van der Waals surface area contributed by atoms with E-state index in [0.717, 1.165) is 53.6 Å². The Morgan fingerprint density at radius 1 is 1.26 bits per heavy atom. The van der Waals surface area contributed by atoms with Gasteiger partial charge in [0.05, 0.1) is 48.0 Å². The monoisotopic (exact) mass is 652 g/mol. The van der Waals surface area contributed by atoms with Crippen LogP contribution in [0.15, 0.2) is 43.2 Å². The zero-order valence-corrected chi connectivity index (χ0v) is 28.7. The Bertz CT molecular complexity index is 1730. The zero-order valence-electron chi connectivity index (χ0n) is 27.9. The molecule has 246 valence electrons. The molecule has 10 nitrogen and oxygen atoms in total. The summed E-state index contributed by atoms with van der Waals surface area (Å²) >= 11 is 2.08. The van der Waals surface area contributed by atoms with Crippen LogP contribution in [0.5, 0.6) is 6.01 Å². The number of hydrogen-bond acceptors (Lipinski definition) is 10. The van der Waals surface area contributed by atoms with E-state index in [4.69, 9.17) is 14.7 Å². The maximum atomic E-state index is 12.6. The Morgan fingerprint density at radius 2 is 2.09 bits per heavy atom. The molecule has 1 amide bonds. The van der Waals surface area contributed by atoms with Crippen molar-refractivity contribution in [2.45, 2.75) is 75.3 Å². The van der Waals surface area contributed by atoms with E-state index in [9.17, 15) is 10.1 Å². The van der Waals surface area contributed by atoms with E-state index in [1.165, 1.54) is 29.9 Å². The second kappa shape index (κ2) is 12.6. The summed E-state index contributed by atoms with van der Waals surface area (Å²) in [7, 11) is 2.20. The number of amides is 1. The third-order valence-electron chi connectivity index (χ3n) is 10.3. The van der Waals surface area contributed by atoms with Crippen molar-refractivity contribution in [3.8, 4) is 12.1 Å². The van der Waals surface area contributed by atoms with Crippen LogP contribution in [0.3, 0.4) is 0 Å². The highest BCUT2D eigenvalue weighted by Crippen LogP contribution is 2.65. The average molecular weight is 653 g/mol. The molecule has 0 spiro atoms. The van der Waals surface area contributed by atoms with Crippen molar-refractivity contribution in [2.75, 3.05) is 49.6 Å². The van der Waals surface area contributed by atoms with E-state index < -0.39 is 0 Å². The van der Waals surface area contributed by atoms with Crippen LogP contribution in [0.1, 0.15) is 49.9 Å². The number of hydrogen-bond donors (Lipinski definition) is 0. The number of carbonyl (C=O) groups is 1. The van der Waals surface area contributed by atoms with Crippen LogP contribution in [0.4, 0.5) is 11.5 Å². The van der Waals surface area contributed by atoms with Crippen LogP contribution in [0.25, 0.3) is 10.8 Å². The molecule has 7 rings (SSSR count). The number of nitrogens with zero attached hydrogens (tertiary/aromatic N) is 8. The van der Waals surface area contributed by atoms with Gasteiger partial charge < -0.3 is 19.4 Å². The molecule has 2 saturated heterocycles. The molecular formula is C36H44N8O2S. The van der Waals surface area contributed by atoms with Gasteiger partial charge in [0.25, 0.3) is 0 Å². The van der Waals surface area contributed by atoms with Crippen LogP contribution in [0, 0.1) is 24.2 Å². The molecule has 3 aliphatic heterocycles. The molecule has 4 atom stereocenters. The van der Waals surface area contributed by atoms with E-state index in [0.29, 0.717) is 42.3 Å². The summed E-state index contributed by atoms with van der Waals surface area (Å²) in [6.45, 7) is 14.2. The first kappa shape index (κ1) is 31.7. The molecule has 4 aliphatic rings. The smallest absolute Gasteiger partial charge is 0.318 e. The fourth-order valence-electron chi connectivity index (χ4n) is 7.69. The summed E-state index contributed by atoms with van der Waals surface area (Å²) in [6.07, 6.45) is 8.83. The predicted molar refractivity (Wildman–Crippen MR) is 187 cm³/mol. The number of fused-ring (bicyclic) bond motifs is 2. The molecular weight excluding hydrogens is 609 g/mol. The summed E-state index contributed by atoms with van der Waals surface area (Å²) in [5.74, 6) is 1.56. The van der Waals surface area contributed by atoms with Gasteiger partial charge in [-0.25, -0.2) is 0 Å². The quantitative estimate of drug-likeness (QED) is 0.221. The lowest BCUT2D eigenvalue weighted by Crippen LogP contribution is -2.55. The maximum absolute atomic E-state index is 12.6. The standard InChI is InChI=1S/C36H44N8O2S/c1-6-31(45)44-17-16-43(21-27(44)12-14-37)33-28-13-15-42(30-19-38-18-25-9-7-8-23(2)32(25)30)22-29(28)39-35(40-33)46-24(3)20-41(5)34-36(4,47-34)26-10-11-26/h6-9,18-19,24,26-27,34H,1,10-13,15-17,20-22H2,2-5H3/t24-,27-,34?,36-/m0/s1. The lowest BCUT2D eigenvalue weighted by Gasteiger charge is -2.42. The van der Waals surface area contributed by atoms with Gasteiger partial charge >= 0.3 is 6.01 Å². The van der Waals surface area contributed by atoms with Crippen LogP contribution < -0.4 is 14.5 Å². The average Bonchev–Trinajstić information content (AvgIpc) is 4.00. The van der Waals surface area contributed by atoms with Gasteiger partial charge in [-0.05, 0) is 64.6 Å². The molecule has 47 heavy (non-hydrogen) atoms. The highest BCUT2D eigenvalue weighted by atomic mass is 32.2. The topological polar surface area (TPSA) is 102 Å². The summed E-state index contributed by atoms with van der Waals surface area (Å²) in [5.41, 5.74) is 4.38. The fourth-order valence-corrected chi connectivity index (χ4v) is 9.17. The first-order valence-electron chi connectivity index (χ1n) is 16.8. The Balaban J connectivity index is 1.18. The molecule has 11 heteroatoms. The van der Waals surface area contributed by atoms with E-state index in [1.54, 1.807) is 4.90 Å². The number of ether oxygens (including phenoxy) is 1. The predicted octanol–water partition coefficient (Wildman–Crippen LogP) is 4.95. The third kappa shape index (κ3) is 6.14. The lowest BCUT2D eigenvalue weighted by molar-refractivity contribution is -0.128. The lowest BCUT2D eigenvalue weighted by atomic mass is 10.0. The van der Waals surface area contributed by atoms with Gasteiger partial charge in [-0.1, -0.05) is 24.8 Å². The third-order valence-corrected chi connectivity index (χ3v) is 12.2. The van der Waals surface area contributed by atoms with Crippen LogP contribution in [-0.4, -0.2) is 92.7 Å². The zero-order chi connectivity index (χ0) is 32.9. The number of pyridine rings is 1. The molecule has 5 heterocycles. The number of piperazine rings is 1. The molecule has 2 aromatic heterocycles. The molecule has 1 saturated carbocycles. The number of aromatic nitrogens is 3. The van der Waals surface area contributed by atoms with Crippen molar-refractivity contribution in [1.29, 1.82) is 5.26 Å². The first-order valence-corrected chi connectivity index (χ1v) is 17.7. The Hall–Kier alpha value is -3.88. The van der Waals surface area contributed by atoms with Gasteiger partial charge in [0, 0.05) is 60.0 Å². The highest BCUT2D eigenvalue weighted by molar-refractivity contribution is 8.08. The molecule has 1 unspecified atom stereocenters. The number of benzene rings is 1. The number of thioether (sulfide) groups is 1. The summed E-state index contributed by atoms with van der Waals surface area (Å²) in [6, 6.07) is 8.75. The highest BCUT2D eigenvalue weighted by Gasteiger charge is 2.61. The number of aryl methyl sites for hydroxylation is 1. The van der Waals surface area contributed by atoms with Crippen molar-refractivity contribution >= 4 is 39.9 Å². The summed E-state index contributed by atoms with van der Waals surface area (Å²) in [5, 5.41) is 12.5. The van der Waals surface area contributed by atoms with E-state index >= 15 is 0 Å². The van der Waals surface area contributed by atoms with Gasteiger partial charge in [0.15, 0.2) is 0 Å². The molecule has 3 fully saturated rings. The molecule has 0 radical (unpaired) electrons. The Morgan fingerprint density at radius 3 is 2.85 bits per heavy atom. The number of carbonyl (C=O) groups excluding carboxylic acids is 1. The van der Waals surface area contributed by atoms with E-state index in [2.05, 4.69) is 90.1 Å². The minimum Gasteiger partial charge on any atom is -0.459 e. The van der Waals surface area contributed by atoms with Gasteiger partial charge in [0.2, 0.25) is 5.91 Å². The van der Waals surface area contributed by atoms with Gasteiger partial charge in [-0.2, -0.15) is 15.2 Å². The largest absolute Gasteiger partial charge is 0.459 e. The molecule has 3 aromatic rings. The van der Waals surface area contributed by atoms with Crippen molar-refractivity contribution < 1.29 is 9.53 Å². The van der Waals surface area contributed by atoms with Gasteiger partial charge in [-0.15, -0.1) is 11.8 Å². The van der Waals surface area contributed by atoms with Crippen molar-refractivity contribution in [3.63, 3.8) is 0 Å². The van der Waals surface area contributed by atoms with Crippen molar-refractivity contribution in [1.82, 2.24) is 24.8 Å². The van der Waals surface area contributed by atoms with Crippen molar-refractivity contribution in [2.24, 2.45) is 5.92 Å². The summed E-state index contributed by atoms with van der Waals surface area (Å²) < 4.78 is 6.90. The SMILES string of the molecule is C=CC(=O)N1CCN(c2nc(O[C@@H](C)CN(C)C3S[C@@]3(C)C3CC3)nc3c2CCN(c2cncc4cccc(C)c24)C3)C[C@@H]1CC#N. The second-order valence-corrected chi connectivity index (χ2v) is 15.3. The molecule has 1 aliphatic carbocycles. The van der Waals surface area contributed by atoms with Crippen LogP contribution in [-0.2, 0) is 17.8 Å². The second-order valence-electron chi connectivity index (χ2n) is 13.8. The maximum Gasteiger partial charge on any atom is 0.318 e. The first-order chi connectivity index (χ1) is 22.7. The normalized spacial score (nSPS) is 24.6. The Labute approximate surface area is 281 Å². The number of rotatable bonds is 10. The Kier molecular flexibility index (Phi) is 8.51.